The Morgan fingerprint density at radius 3 is 2.88 bits per heavy atom. The average Bonchev–Trinajstić information content (AvgIpc) is 2.30. The minimum Gasteiger partial charge on any atom is -0.352 e. The van der Waals surface area contributed by atoms with E-state index in [2.05, 4.69) is 5.32 Å². The van der Waals surface area contributed by atoms with Crippen LogP contribution in [0.3, 0.4) is 0 Å². The molecule has 0 aromatic heterocycles. The molecule has 1 rings (SSSR count). The van der Waals surface area contributed by atoms with E-state index in [1.165, 1.54) is 0 Å². The van der Waals surface area contributed by atoms with Crippen LogP contribution in [0.25, 0.3) is 0 Å². The lowest BCUT2D eigenvalue weighted by atomic mass is 10.1. The lowest BCUT2D eigenvalue weighted by Crippen LogP contribution is -2.26. The molecule has 0 bridgehead atoms. The zero-order valence-electron chi connectivity index (χ0n) is 9.75. The van der Waals surface area contributed by atoms with Crippen molar-refractivity contribution in [1.82, 2.24) is 5.32 Å². The number of nitrogens with two attached hydrogens (primary N) is 1. The smallest absolute Gasteiger partial charge is 0.251 e. The zero-order chi connectivity index (χ0) is 12.0. The Morgan fingerprint density at radius 2 is 2.25 bits per heavy atom. The normalized spacial score (nSPS) is 10.2. The molecule has 0 aliphatic heterocycles. The number of amides is 1. The van der Waals surface area contributed by atoms with Crippen LogP contribution in [-0.4, -0.2) is 25.3 Å². The SMILES string of the molecule is CSc1ccc(C)c(C(=O)NCCCN)c1. The molecule has 3 N–H and O–H groups in total. The van der Waals surface area contributed by atoms with Crippen molar-refractivity contribution in [2.45, 2.75) is 18.2 Å². The minimum absolute atomic E-state index is 0.0122. The van der Waals surface area contributed by atoms with Crippen LogP contribution in [0.2, 0.25) is 0 Å². The van der Waals surface area contributed by atoms with Crippen LogP contribution in [0.4, 0.5) is 0 Å². The van der Waals surface area contributed by atoms with Gasteiger partial charge in [0.15, 0.2) is 0 Å². The highest BCUT2D eigenvalue weighted by Gasteiger charge is 2.08. The van der Waals surface area contributed by atoms with Gasteiger partial charge in [-0.1, -0.05) is 6.07 Å². The molecule has 1 aromatic rings. The van der Waals surface area contributed by atoms with Crippen LogP contribution >= 0.6 is 11.8 Å². The van der Waals surface area contributed by atoms with Crippen LogP contribution < -0.4 is 11.1 Å². The van der Waals surface area contributed by atoms with Crippen molar-refractivity contribution in [2.24, 2.45) is 5.73 Å². The Balaban J connectivity index is 2.73. The third kappa shape index (κ3) is 3.54. The molecule has 3 nitrogen and oxygen atoms in total. The maximum Gasteiger partial charge on any atom is 0.251 e. The van der Waals surface area contributed by atoms with E-state index in [4.69, 9.17) is 5.73 Å². The first-order chi connectivity index (χ1) is 7.69. The molecule has 0 aliphatic carbocycles. The molecule has 1 aromatic carbocycles. The van der Waals surface area contributed by atoms with Crippen molar-refractivity contribution in [3.05, 3.63) is 29.3 Å². The molecule has 4 heteroatoms. The van der Waals surface area contributed by atoms with E-state index in [0.29, 0.717) is 13.1 Å². The van der Waals surface area contributed by atoms with Gasteiger partial charge in [0.1, 0.15) is 0 Å². The molecule has 0 saturated heterocycles. The molecule has 0 saturated carbocycles. The van der Waals surface area contributed by atoms with Gasteiger partial charge >= 0.3 is 0 Å². The molecule has 0 unspecified atom stereocenters. The first kappa shape index (κ1) is 13.1. The zero-order valence-corrected chi connectivity index (χ0v) is 10.6. The van der Waals surface area contributed by atoms with E-state index < -0.39 is 0 Å². The van der Waals surface area contributed by atoms with Gasteiger partial charge < -0.3 is 11.1 Å². The summed E-state index contributed by atoms with van der Waals surface area (Å²) in [7, 11) is 0. The molecule has 16 heavy (non-hydrogen) atoms. The van der Waals surface area contributed by atoms with E-state index in [1.54, 1.807) is 11.8 Å². The molecular formula is C12H18N2OS. The molecule has 0 aliphatic rings. The quantitative estimate of drug-likeness (QED) is 0.607. The Kier molecular flexibility index (Phi) is 5.35. The van der Waals surface area contributed by atoms with Crippen molar-refractivity contribution >= 4 is 17.7 Å². The maximum atomic E-state index is 11.8. The molecule has 0 spiro atoms. The second-order valence-corrected chi connectivity index (χ2v) is 4.46. The lowest BCUT2D eigenvalue weighted by Gasteiger charge is -2.08. The summed E-state index contributed by atoms with van der Waals surface area (Å²) >= 11 is 1.64. The fourth-order valence-corrected chi connectivity index (χ4v) is 1.81. The first-order valence-electron chi connectivity index (χ1n) is 5.32. The minimum atomic E-state index is -0.0122. The van der Waals surface area contributed by atoms with E-state index in [1.807, 2.05) is 31.4 Å². The largest absolute Gasteiger partial charge is 0.352 e. The third-order valence-corrected chi connectivity index (χ3v) is 3.08. The van der Waals surface area contributed by atoms with Gasteiger partial charge in [0.25, 0.3) is 5.91 Å². The van der Waals surface area contributed by atoms with Crippen molar-refractivity contribution < 1.29 is 4.79 Å². The number of rotatable bonds is 5. The van der Waals surface area contributed by atoms with Gasteiger partial charge in [0.2, 0.25) is 0 Å². The summed E-state index contributed by atoms with van der Waals surface area (Å²) in [6, 6.07) is 5.93. The number of nitrogens with one attached hydrogen (secondary N) is 1. The van der Waals surface area contributed by atoms with Crippen molar-refractivity contribution in [2.75, 3.05) is 19.3 Å². The fraction of sp³-hybridized carbons (Fsp3) is 0.417. The van der Waals surface area contributed by atoms with Gasteiger partial charge in [-0.25, -0.2) is 0 Å². The van der Waals surface area contributed by atoms with Gasteiger partial charge in [-0.3, -0.25) is 4.79 Å². The van der Waals surface area contributed by atoms with Gasteiger partial charge in [-0.15, -0.1) is 11.8 Å². The number of carbonyl (C=O) groups is 1. The second-order valence-electron chi connectivity index (χ2n) is 3.58. The Hall–Kier alpha value is -1.00. The van der Waals surface area contributed by atoms with Crippen molar-refractivity contribution in [1.29, 1.82) is 0 Å². The van der Waals surface area contributed by atoms with Gasteiger partial charge in [-0.2, -0.15) is 0 Å². The first-order valence-corrected chi connectivity index (χ1v) is 6.54. The second kappa shape index (κ2) is 6.55. The molecular weight excluding hydrogens is 220 g/mol. The van der Waals surface area contributed by atoms with Crippen molar-refractivity contribution in [3.63, 3.8) is 0 Å². The van der Waals surface area contributed by atoms with E-state index in [-0.39, 0.29) is 5.91 Å². The molecule has 0 atom stereocenters. The van der Waals surface area contributed by atoms with E-state index in [0.717, 1.165) is 22.4 Å². The summed E-state index contributed by atoms with van der Waals surface area (Å²) < 4.78 is 0. The molecule has 0 radical (unpaired) electrons. The highest BCUT2D eigenvalue weighted by Crippen LogP contribution is 2.18. The number of hydrogen-bond donors (Lipinski definition) is 2. The predicted molar refractivity (Wildman–Crippen MR) is 69.0 cm³/mol. The van der Waals surface area contributed by atoms with E-state index in [9.17, 15) is 4.79 Å². The number of benzene rings is 1. The summed E-state index contributed by atoms with van der Waals surface area (Å²) in [5.41, 5.74) is 7.13. The molecule has 0 fully saturated rings. The summed E-state index contributed by atoms with van der Waals surface area (Å²) in [6.45, 7) is 3.18. The third-order valence-electron chi connectivity index (χ3n) is 2.36. The Morgan fingerprint density at radius 1 is 1.50 bits per heavy atom. The number of carbonyl (C=O) groups excluding carboxylic acids is 1. The molecule has 0 heterocycles. The van der Waals surface area contributed by atoms with Crippen LogP contribution in [0.15, 0.2) is 23.1 Å². The van der Waals surface area contributed by atoms with Gasteiger partial charge in [0, 0.05) is 17.0 Å². The summed E-state index contributed by atoms with van der Waals surface area (Å²) in [5, 5.41) is 2.86. The number of hydrogen-bond acceptors (Lipinski definition) is 3. The molecule has 88 valence electrons. The Labute approximate surface area is 101 Å². The lowest BCUT2D eigenvalue weighted by molar-refractivity contribution is 0.0952. The standard InChI is InChI=1S/C12H18N2OS/c1-9-4-5-10(16-2)8-11(9)12(15)14-7-3-6-13/h4-5,8H,3,6-7,13H2,1-2H3,(H,14,15). The van der Waals surface area contributed by atoms with Crippen LogP contribution in [0.5, 0.6) is 0 Å². The maximum absolute atomic E-state index is 11.8. The Bertz CT molecular complexity index is 366. The number of thioether (sulfide) groups is 1. The van der Waals surface area contributed by atoms with Gasteiger partial charge in [-0.05, 0) is 43.8 Å². The monoisotopic (exact) mass is 238 g/mol. The van der Waals surface area contributed by atoms with Crippen molar-refractivity contribution in [3.8, 4) is 0 Å². The van der Waals surface area contributed by atoms with Crippen LogP contribution in [0, 0.1) is 6.92 Å². The van der Waals surface area contributed by atoms with Crippen LogP contribution in [0.1, 0.15) is 22.3 Å². The predicted octanol–water partition coefficient (Wildman–Crippen LogP) is 1.80. The topological polar surface area (TPSA) is 55.1 Å². The molecule has 1 amide bonds. The summed E-state index contributed by atoms with van der Waals surface area (Å²) in [6.07, 6.45) is 2.81. The van der Waals surface area contributed by atoms with E-state index >= 15 is 0 Å². The fourth-order valence-electron chi connectivity index (χ4n) is 1.37. The average molecular weight is 238 g/mol. The summed E-state index contributed by atoms with van der Waals surface area (Å²) in [5.74, 6) is -0.0122. The number of aryl methyl sites for hydroxylation is 1. The highest BCUT2D eigenvalue weighted by molar-refractivity contribution is 7.98. The van der Waals surface area contributed by atoms with Crippen LogP contribution in [-0.2, 0) is 0 Å². The highest BCUT2D eigenvalue weighted by atomic mass is 32.2. The van der Waals surface area contributed by atoms with Gasteiger partial charge in [0.05, 0.1) is 0 Å². The summed E-state index contributed by atoms with van der Waals surface area (Å²) in [4.78, 5) is 13.0.